The Bertz CT molecular complexity index is 329. The highest BCUT2D eigenvalue weighted by atomic mass is 16.3. The fraction of sp³-hybridized carbons (Fsp3) is 1.00. The molecule has 0 saturated heterocycles. The Balaban J connectivity index is 3.15. The summed E-state index contributed by atoms with van der Waals surface area (Å²) in [5, 5.41) is 21.8. The van der Waals surface area contributed by atoms with Crippen LogP contribution < -0.4 is 5.73 Å². The van der Waals surface area contributed by atoms with Crippen molar-refractivity contribution in [2.24, 2.45) is 10.8 Å². The van der Waals surface area contributed by atoms with E-state index >= 15 is 0 Å². The molecule has 0 aromatic carbocycles. The second kappa shape index (κ2) is 18.0. The number of unbranched alkanes of at least 4 members (excludes halogenated alkanes) is 13. The van der Waals surface area contributed by atoms with Crippen molar-refractivity contribution in [2.75, 3.05) is 19.8 Å². The average molecular weight is 357 g/mol. The maximum Gasteiger partial charge on any atom is 0.0633 e. The van der Waals surface area contributed by atoms with Crippen molar-refractivity contribution < 1.29 is 10.2 Å². The van der Waals surface area contributed by atoms with Crippen LogP contribution in [0.15, 0.2) is 5.11 Å². The first-order chi connectivity index (χ1) is 12.2. The third kappa shape index (κ3) is 16.4. The van der Waals surface area contributed by atoms with E-state index in [9.17, 15) is 0 Å². The summed E-state index contributed by atoms with van der Waals surface area (Å²) in [5.74, 6) is 0. The minimum absolute atomic E-state index is 0.140. The minimum Gasteiger partial charge on any atom is -0.394 e. The topological polar surface area (TPSA) is 115 Å². The van der Waals surface area contributed by atoms with E-state index in [1.807, 2.05) is 0 Å². The number of hydrogen-bond donors (Lipinski definition) is 3. The third-order valence-corrected chi connectivity index (χ3v) is 4.88. The van der Waals surface area contributed by atoms with Gasteiger partial charge in [-0.15, -0.1) is 0 Å². The summed E-state index contributed by atoms with van der Waals surface area (Å²) in [6, 6.07) is 0. The Labute approximate surface area is 153 Å². The van der Waals surface area contributed by atoms with Gasteiger partial charge in [-0.1, -0.05) is 88.6 Å². The standard InChI is InChI=1S/C19H40N4O2/c20-19(17-24,18-25)15-13-11-9-7-5-3-1-2-4-6-8-10-12-14-16-22-23-21/h24-25H,1-18,20H2. The second-order valence-electron chi connectivity index (χ2n) is 7.33. The molecular formula is C19H40N4O2. The first kappa shape index (κ1) is 24.2. The van der Waals surface area contributed by atoms with Crippen molar-refractivity contribution in [3.8, 4) is 0 Å². The molecule has 0 radical (unpaired) electrons. The first-order valence-electron chi connectivity index (χ1n) is 10.2. The zero-order chi connectivity index (χ0) is 18.6. The normalized spacial score (nSPS) is 11.5. The van der Waals surface area contributed by atoms with Crippen molar-refractivity contribution in [3.63, 3.8) is 0 Å². The van der Waals surface area contributed by atoms with Gasteiger partial charge in [0.15, 0.2) is 0 Å². The van der Waals surface area contributed by atoms with E-state index in [1.54, 1.807) is 0 Å². The predicted octanol–water partition coefficient (Wildman–Crippen LogP) is 4.83. The first-order valence-corrected chi connectivity index (χ1v) is 10.2. The summed E-state index contributed by atoms with van der Waals surface area (Å²) in [4.78, 5) is 2.76. The van der Waals surface area contributed by atoms with Crippen LogP contribution in [0.1, 0.15) is 96.3 Å². The van der Waals surface area contributed by atoms with Gasteiger partial charge in [-0.25, -0.2) is 0 Å². The highest BCUT2D eigenvalue weighted by Crippen LogP contribution is 2.15. The second-order valence-corrected chi connectivity index (χ2v) is 7.33. The molecule has 0 aromatic heterocycles. The van der Waals surface area contributed by atoms with Gasteiger partial charge in [0.1, 0.15) is 0 Å². The number of azide groups is 1. The van der Waals surface area contributed by atoms with Crippen molar-refractivity contribution in [2.45, 2.75) is 102 Å². The molecule has 0 fully saturated rings. The number of hydrogen-bond acceptors (Lipinski definition) is 4. The summed E-state index contributed by atoms with van der Waals surface area (Å²) < 4.78 is 0. The molecule has 0 spiro atoms. The van der Waals surface area contributed by atoms with Crippen LogP contribution in [-0.4, -0.2) is 35.5 Å². The van der Waals surface area contributed by atoms with Gasteiger partial charge in [-0.2, -0.15) is 0 Å². The molecule has 0 aliphatic heterocycles. The summed E-state index contributed by atoms with van der Waals surface area (Å²) in [6.45, 7) is 0.366. The molecule has 0 amide bonds. The quantitative estimate of drug-likeness (QED) is 0.133. The molecule has 0 heterocycles. The van der Waals surface area contributed by atoms with Crippen LogP contribution in [0.5, 0.6) is 0 Å². The fourth-order valence-electron chi connectivity index (χ4n) is 3.03. The lowest BCUT2D eigenvalue weighted by Crippen LogP contribution is -2.47. The van der Waals surface area contributed by atoms with E-state index in [0.29, 0.717) is 13.0 Å². The van der Waals surface area contributed by atoms with Crippen LogP contribution in [-0.2, 0) is 0 Å². The minimum atomic E-state index is -0.787. The molecule has 0 aliphatic rings. The van der Waals surface area contributed by atoms with Crippen molar-refractivity contribution >= 4 is 0 Å². The SMILES string of the molecule is [N-]=[N+]=NCCCCCCCCCCCCCCCCC(N)(CO)CO. The van der Waals surface area contributed by atoms with Gasteiger partial charge < -0.3 is 15.9 Å². The van der Waals surface area contributed by atoms with Crippen LogP contribution in [0.2, 0.25) is 0 Å². The predicted molar refractivity (Wildman–Crippen MR) is 104 cm³/mol. The Hall–Kier alpha value is -0.810. The summed E-state index contributed by atoms with van der Waals surface area (Å²) in [5.41, 5.74) is 13.2. The van der Waals surface area contributed by atoms with Gasteiger partial charge in [0, 0.05) is 11.5 Å². The van der Waals surface area contributed by atoms with Crippen molar-refractivity contribution in [3.05, 3.63) is 10.4 Å². The van der Waals surface area contributed by atoms with E-state index in [-0.39, 0.29) is 13.2 Å². The number of nitrogens with two attached hydrogens (primary N) is 1. The van der Waals surface area contributed by atoms with Crippen LogP contribution in [0, 0.1) is 0 Å². The zero-order valence-electron chi connectivity index (χ0n) is 16.0. The van der Waals surface area contributed by atoms with Crippen LogP contribution in [0.4, 0.5) is 0 Å². The Morgan fingerprint density at radius 3 is 1.40 bits per heavy atom. The molecule has 0 rings (SSSR count). The zero-order valence-corrected chi connectivity index (χ0v) is 16.0. The van der Waals surface area contributed by atoms with Gasteiger partial charge in [-0.3, -0.25) is 0 Å². The lowest BCUT2D eigenvalue weighted by atomic mass is 9.94. The molecule has 0 aromatic rings. The van der Waals surface area contributed by atoms with Crippen molar-refractivity contribution in [1.82, 2.24) is 0 Å². The van der Waals surface area contributed by atoms with E-state index < -0.39 is 5.54 Å². The maximum absolute atomic E-state index is 9.12. The number of aliphatic hydroxyl groups excluding tert-OH is 2. The van der Waals surface area contributed by atoms with E-state index in [2.05, 4.69) is 10.0 Å². The average Bonchev–Trinajstić information content (AvgIpc) is 2.64. The Morgan fingerprint density at radius 1 is 0.680 bits per heavy atom. The van der Waals surface area contributed by atoms with Gasteiger partial charge >= 0.3 is 0 Å². The molecule has 0 saturated carbocycles. The lowest BCUT2D eigenvalue weighted by Gasteiger charge is -2.24. The fourth-order valence-corrected chi connectivity index (χ4v) is 3.03. The summed E-state index contributed by atoms with van der Waals surface area (Å²) in [6.07, 6.45) is 18.1. The molecular weight excluding hydrogens is 316 g/mol. The number of rotatable bonds is 19. The summed E-state index contributed by atoms with van der Waals surface area (Å²) >= 11 is 0. The molecule has 0 atom stereocenters. The largest absolute Gasteiger partial charge is 0.394 e. The molecule has 148 valence electrons. The smallest absolute Gasteiger partial charge is 0.0633 e. The van der Waals surface area contributed by atoms with Gasteiger partial charge in [0.2, 0.25) is 0 Å². The van der Waals surface area contributed by atoms with Gasteiger partial charge in [0.05, 0.1) is 18.8 Å². The molecule has 0 bridgehead atoms. The third-order valence-electron chi connectivity index (χ3n) is 4.88. The highest BCUT2D eigenvalue weighted by Gasteiger charge is 2.21. The van der Waals surface area contributed by atoms with Crippen molar-refractivity contribution in [1.29, 1.82) is 0 Å². The van der Waals surface area contributed by atoms with Crippen LogP contribution in [0.25, 0.3) is 10.4 Å². The molecule has 6 heteroatoms. The lowest BCUT2D eigenvalue weighted by molar-refractivity contribution is 0.112. The number of aliphatic hydroxyl groups is 2. The molecule has 6 nitrogen and oxygen atoms in total. The highest BCUT2D eigenvalue weighted by molar-refractivity contribution is 4.81. The monoisotopic (exact) mass is 356 g/mol. The molecule has 25 heavy (non-hydrogen) atoms. The Morgan fingerprint density at radius 2 is 1.04 bits per heavy atom. The van der Waals surface area contributed by atoms with E-state index in [4.69, 9.17) is 21.5 Å². The maximum atomic E-state index is 9.12. The molecule has 0 unspecified atom stereocenters. The van der Waals surface area contributed by atoms with Crippen LogP contribution >= 0.6 is 0 Å². The number of nitrogens with zero attached hydrogens (tertiary/aromatic N) is 3. The van der Waals surface area contributed by atoms with E-state index in [1.165, 1.54) is 70.6 Å². The van der Waals surface area contributed by atoms with Crippen LogP contribution in [0.3, 0.4) is 0 Å². The molecule has 4 N–H and O–H groups in total. The molecule has 0 aliphatic carbocycles. The van der Waals surface area contributed by atoms with Gasteiger partial charge in [0.25, 0.3) is 0 Å². The van der Waals surface area contributed by atoms with Gasteiger partial charge in [-0.05, 0) is 18.4 Å². The van der Waals surface area contributed by atoms with E-state index in [0.717, 1.165) is 19.3 Å². The summed E-state index contributed by atoms with van der Waals surface area (Å²) in [7, 11) is 0. The Kier molecular flexibility index (Phi) is 17.4.